The Labute approximate surface area is 167 Å². The maximum absolute atomic E-state index is 12.8. The Morgan fingerprint density at radius 2 is 1.89 bits per heavy atom. The van der Waals surface area contributed by atoms with E-state index >= 15 is 0 Å². The Morgan fingerprint density at radius 3 is 2.64 bits per heavy atom. The lowest BCUT2D eigenvalue weighted by Gasteiger charge is -2.30. The van der Waals surface area contributed by atoms with Crippen LogP contribution in [0.5, 0.6) is 0 Å². The number of imide groups is 2. The molecule has 2 fully saturated rings. The number of nitrogens with zero attached hydrogens (tertiary/aromatic N) is 1. The topological polar surface area (TPSA) is 79.6 Å². The number of aryl methyl sites for hydroxylation is 1. The molecule has 1 aromatic carbocycles. The molecule has 0 spiro atoms. The van der Waals surface area contributed by atoms with Crippen molar-refractivity contribution < 1.29 is 18.8 Å². The van der Waals surface area contributed by atoms with Gasteiger partial charge >= 0.3 is 6.03 Å². The molecule has 28 heavy (non-hydrogen) atoms. The van der Waals surface area contributed by atoms with Crippen LogP contribution >= 0.6 is 11.6 Å². The van der Waals surface area contributed by atoms with E-state index in [4.69, 9.17) is 16.0 Å². The average Bonchev–Trinajstić information content (AvgIpc) is 3.33. The minimum Gasteiger partial charge on any atom is -0.457 e. The predicted molar refractivity (Wildman–Crippen MR) is 105 cm³/mol. The number of halogens is 1. The van der Waals surface area contributed by atoms with Crippen molar-refractivity contribution in [2.75, 3.05) is 0 Å². The lowest BCUT2D eigenvalue weighted by molar-refractivity contribution is -0.131. The van der Waals surface area contributed by atoms with Crippen LogP contribution in [0.4, 0.5) is 4.79 Å². The number of nitrogens with one attached hydrogen (secondary N) is 1. The van der Waals surface area contributed by atoms with Gasteiger partial charge in [0.15, 0.2) is 0 Å². The molecule has 1 aliphatic heterocycles. The van der Waals surface area contributed by atoms with Crippen LogP contribution in [0, 0.1) is 6.92 Å². The quantitative estimate of drug-likeness (QED) is 0.617. The molecule has 1 N–H and O–H groups in total. The molecular weight excluding hydrogens is 380 g/mol. The van der Waals surface area contributed by atoms with E-state index in [1.807, 2.05) is 13.0 Å². The van der Waals surface area contributed by atoms with Crippen molar-refractivity contribution in [2.45, 2.75) is 38.6 Å². The summed E-state index contributed by atoms with van der Waals surface area (Å²) in [7, 11) is 0. The van der Waals surface area contributed by atoms with Gasteiger partial charge in [-0.1, -0.05) is 30.5 Å². The van der Waals surface area contributed by atoms with Gasteiger partial charge in [0, 0.05) is 16.6 Å². The number of hydrogen-bond donors (Lipinski definition) is 1. The highest BCUT2D eigenvalue weighted by atomic mass is 35.5. The van der Waals surface area contributed by atoms with Gasteiger partial charge in [-0.05, 0) is 55.7 Å². The Morgan fingerprint density at radius 1 is 1.14 bits per heavy atom. The summed E-state index contributed by atoms with van der Waals surface area (Å²) in [6, 6.07) is 8.12. The molecule has 2 aromatic rings. The molecule has 4 rings (SSSR count). The van der Waals surface area contributed by atoms with Crippen molar-refractivity contribution in [1.29, 1.82) is 0 Å². The molecular formula is C21H19ClN2O4. The van der Waals surface area contributed by atoms with Gasteiger partial charge < -0.3 is 4.42 Å². The van der Waals surface area contributed by atoms with Crippen LogP contribution in [0.3, 0.4) is 0 Å². The van der Waals surface area contributed by atoms with Gasteiger partial charge in [0.2, 0.25) is 0 Å². The summed E-state index contributed by atoms with van der Waals surface area (Å²) < 4.78 is 5.82. The molecule has 4 amide bonds. The van der Waals surface area contributed by atoms with Crippen LogP contribution < -0.4 is 5.32 Å². The van der Waals surface area contributed by atoms with E-state index in [1.165, 1.54) is 11.0 Å². The molecule has 0 radical (unpaired) electrons. The van der Waals surface area contributed by atoms with Crippen molar-refractivity contribution in [3.8, 4) is 11.3 Å². The lowest BCUT2D eigenvalue weighted by Crippen LogP contribution is -2.57. The van der Waals surface area contributed by atoms with Crippen molar-refractivity contribution in [3.05, 3.63) is 52.3 Å². The first kappa shape index (κ1) is 18.5. The van der Waals surface area contributed by atoms with Gasteiger partial charge in [-0.2, -0.15) is 0 Å². The van der Waals surface area contributed by atoms with Crippen LogP contribution in [0.2, 0.25) is 5.02 Å². The molecule has 2 heterocycles. The van der Waals surface area contributed by atoms with Crippen LogP contribution in [0.15, 0.2) is 40.3 Å². The van der Waals surface area contributed by atoms with Crippen molar-refractivity contribution in [2.24, 2.45) is 0 Å². The van der Waals surface area contributed by atoms with Gasteiger partial charge in [0.1, 0.15) is 17.1 Å². The molecule has 1 aromatic heterocycles. The third-order valence-electron chi connectivity index (χ3n) is 5.20. The van der Waals surface area contributed by atoms with E-state index in [1.54, 1.807) is 24.3 Å². The zero-order valence-corrected chi connectivity index (χ0v) is 16.1. The van der Waals surface area contributed by atoms with Gasteiger partial charge in [-0.3, -0.25) is 19.8 Å². The first-order valence-electron chi connectivity index (χ1n) is 9.21. The SMILES string of the molecule is Cc1ccc(Cl)cc1-c1ccc(/C=C2\C(=O)NC(=O)N(C3CCCC3)C2=O)o1. The smallest absolute Gasteiger partial charge is 0.331 e. The molecule has 0 atom stereocenters. The summed E-state index contributed by atoms with van der Waals surface area (Å²) in [6.07, 6.45) is 4.85. The number of benzene rings is 1. The third-order valence-corrected chi connectivity index (χ3v) is 5.44. The van der Waals surface area contributed by atoms with E-state index in [0.717, 1.165) is 36.8 Å². The van der Waals surface area contributed by atoms with E-state index in [9.17, 15) is 14.4 Å². The first-order valence-corrected chi connectivity index (χ1v) is 9.59. The fourth-order valence-electron chi connectivity index (χ4n) is 3.74. The highest BCUT2D eigenvalue weighted by Crippen LogP contribution is 2.30. The number of amides is 4. The Balaban J connectivity index is 1.65. The monoisotopic (exact) mass is 398 g/mol. The number of hydrogen-bond acceptors (Lipinski definition) is 4. The van der Waals surface area contributed by atoms with Gasteiger partial charge in [0.25, 0.3) is 11.8 Å². The molecule has 2 aliphatic rings. The second kappa shape index (κ2) is 7.28. The fourth-order valence-corrected chi connectivity index (χ4v) is 3.91. The third kappa shape index (κ3) is 3.36. The molecule has 6 nitrogen and oxygen atoms in total. The summed E-state index contributed by atoms with van der Waals surface area (Å²) >= 11 is 6.07. The van der Waals surface area contributed by atoms with E-state index in [-0.39, 0.29) is 11.6 Å². The molecule has 0 unspecified atom stereocenters. The predicted octanol–water partition coefficient (Wildman–Crippen LogP) is 4.31. The molecule has 7 heteroatoms. The Kier molecular flexibility index (Phi) is 4.81. The summed E-state index contributed by atoms with van der Waals surface area (Å²) in [5.41, 5.74) is 1.72. The highest BCUT2D eigenvalue weighted by Gasteiger charge is 2.40. The number of barbiturate groups is 1. The second-order valence-corrected chi connectivity index (χ2v) is 7.53. The standard InChI is InChI=1S/C21H19ClN2O4/c1-12-6-7-13(22)10-16(12)18-9-8-15(28-18)11-17-19(25)23-21(27)24(20(17)26)14-4-2-3-5-14/h6-11,14H,2-5H2,1H3,(H,23,25,27)/b17-11+. The molecule has 144 valence electrons. The van der Waals surface area contributed by atoms with Crippen LogP contribution in [-0.4, -0.2) is 28.8 Å². The van der Waals surface area contributed by atoms with E-state index < -0.39 is 17.8 Å². The Bertz CT molecular complexity index is 1000. The second-order valence-electron chi connectivity index (χ2n) is 7.09. The summed E-state index contributed by atoms with van der Waals surface area (Å²) in [6.45, 7) is 1.94. The molecule has 0 bridgehead atoms. The highest BCUT2D eigenvalue weighted by molar-refractivity contribution is 6.31. The number of rotatable bonds is 3. The minimum atomic E-state index is -0.707. The summed E-state index contributed by atoms with van der Waals surface area (Å²) in [5.74, 6) is -0.341. The van der Waals surface area contributed by atoms with Crippen molar-refractivity contribution in [1.82, 2.24) is 10.2 Å². The maximum Gasteiger partial charge on any atom is 0.331 e. The van der Waals surface area contributed by atoms with Gasteiger partial charge in [0.05, 0.1) is 0 Å². The van der Waals surface area contributed by atoms with Crippen molar-refractivity contribution >= 4 is 35.5 Å². The van der Waals surface area contributed by atoms with Crippen LogP contribution in [0.25, 0.3) is 17.4 Å². The molecule has 1 saturated carbocycles. The van der Waals surface area contributed by atoms with E-state index in [2.05, 4.69) is 5.32 Å². The zero-order chi connectivity index (χ0) is 19.8. The lowest BCUT2D eigenvalue weighted by atomic mass is 10.1. The summed E-state index contributed by atoms with van der Waals surface area (Å²) in [5, 5.41) is 2.85. The fraction of sp³-hybridized carbons (Fsp3) is 0.286. The zero-order valence-electron chi connectivity index (χ0n) is 15.3. The van der Waals surface area contributed by atoms with Gasteiger partial charge in [-0.15, -0.1) is 0 Å². The Hall–Kier alpha value is -2.86. The largest absolute Gasteiger partial charge is 0.457 e. The number of carbonyl (C=O) groups excluding carboxylic acids is 3. The number of furan rings is 1. The van der Waals surface area contributed by atoms with Crippen molar-refractivity contribution in [3.63, 3.8) is 0 Å². The van der Waals surface area contributed by atoms with Gasteiger partial charge in [-0.25, -0.2) is 4.79 Å². The molecule has 1 aliphatic carbocycles. The van der Waals surface area contributed by atoms with E-state index in [0.29, 0.717) is 16.5 Å². The molecule has 1 saturated heterocycles. The number of carbonyl (C=O) groups is 3. The average molecular weight is 399 g/mol. The summed E-state index contributed by atoms with van der Waals surface area (Å²) in [4.78, 5) is 38.4. The normalized spacial score (nSPS) is 19.6. The van der Waals surface area contributed by atoms with Crippen LogP contribution in [-0.2, 0) is 9.59 Å². The van der Waals surface area contributed by atoms with Crippen LogP contribution in [0.1, 0.15) is 37.0 Å². The minimum absolute atomic E-state index is 0.102. The number of urea groups is 1. The first-order chi connectivity index (χ1) is 13.4. The maximum atomic E-state index is 12.8.